The lowest BCUT2D eigenvalue weighted by Gasteiger charge is -2.40. The van der Waals surface area contributed by atoms with Crippen molar-refractivity contribution in [2.75, 3.05) is 13.2 Å². The quantitative estimate of drug-likeness (QED) is 0.790. The molecule has 2 nitrogen and oxygen atoms in total. The Balaban J connectivity index is 1.76. The Kier molecular flexibility index (Phi) is 4.48. The SMILES string of the molecule is CC(C)(CO)CNC1CCC2CCCCC2C1. The first-order valence-electron chi connectivity index (χ1n) is 7.45. The van der Waals surface area contributed by atoms with Gasteiger partial charge in [-0.1, -0.05) is 39.5 Å². The first-order valence-corrected chi connectivity index (χ1v) is 7.45. The third kappa shape index (κ3) is 3.69. The van der Waals surface area contributed by atoms with Crippen LogP contribution in [-0.4, -0.2) is 24.3 Å². The van der Waals surface area contributed by atoms with Crippen LogP contribution < -0.4 is 5.32 Å². The number of rotatable bonds is 4. The molecule has 2 heteroatoms. The van der Waals surface area contributed by atoms with Crippen molar-refractivity contribution in [1.82, 2.24) is 5.32 Å². The first kappa shape index (κ1) is 13.4. The predicted molar refractivity (Wildman–Crippen MR) is 72.0 cm³/mol. The minimum atomic E-state index is 0.0312. The maximum atomic E-state index is 9.27. The van der Waals surface area contributed by atoms with Gasteiger partial charge in [-0.3, -0.25) is 0 Å². The Morgan fingerprint density at radius 2 is 1.76 bits per heavy atom. The average Bonchev–Trinajstić information content (AvgIpc) is 2.36. The van der Waals surface area contributed by atoms with Crippen LogP contribution >= 0.6 is 0 Å². The first-order chi connectivity index (χ1) is 8.11. The van der Waals surface area contributed by atoms with Gasteiger partial charge in [0.1, 0.15) is 0 Å². The molecule has 0 aromatic heterocycles. The second-order valence-corrected chi connectivity index (χ2v) is 7.02. The molecule has 0 bridgehead atoms. The molecule has 2 fully saturated rings. The van der Waals surface area contributed by atoms with Gasteiger partial charge in [-0.15, -0.1) is 0 Å². The Bertz CT molecular complexity index is 239. The fourth-order valence-corrected chi connectivity index (χ4v) is 3.54. The van der Waals surface area contributed by atoms with Gasteiger partial charge in [-0.25, -0.2) is 0 Å². The van der Waals surface area contributed by atoms with E-state index in [-0.39, 0.29) is 12.0 Å². The Hall–Kier alpha value is -0.0800. The number of fused-ring (bicyclic) bond motifs is 1. The van der Waals surface area contributed by atoms with Crippen LogP contribution in [0.4, 0.5) is 0 Å². The molecule has 0 amide bonds. The van der Waals surface area contributed by atoms with Gasteiger partial charge in [0.05, 0.1) is 0 Å². The summed E-state index contributed by atoms with van der Waals surface area (Å²) < 4.78 is 0. The maximum Gasteiger partial charge on any atom is 0.0494 e. The molecule has 0 radical (unpaired) electrons. The van der Waals surface area contributed by atoms with Crippen LogP contribution in [0, 0.1) is 17.3 Å². The molecule has 0 aromatic rings. The van der Waals surface area contributed by atoms with Crippen molar-refractivity contribution in [2.24, 2.45) is 17.3 Å². The van der Waals surface area contributed by atoms with Gasteiger partial charge in [0.2, 0.25) is 0 Å². The van der Waals surface area contributed by atoms with E-state index in [0.717, 1.165) is 18.4 Å². The van der Waals surface area contributed by atoms with Crippen molar-refractivity contribution in [3.8, 4) is 0 Å². The second kappa shape index (κ2) is 5.71. The summed E-state index contributed by atoms with van der Waals surface area (Å²) in [4.78, 5) is 0. The number of hydrogen-bond acceptors (Lipinski definition) is 2. The summed E-state index contributed by atoms with van der Waals surface area (Å²) in [6.07, 6.45) is 10.0. The molecular weight excluding hydrogens is 210 g/mol. The Morgan fingerprint density at radius 1 is 1.06 bits per heavy atom. The predicted octanol–water partition coefficient (Wildman–Crippen LogP) is 2.95. The van der Waals surface area contributed by atoms with Crippen molar-refractivity contribution in [3.63, 3.8) is 0 Å². The van der Waals surface area contributed by atoms with Gasteiger partial charge in [0.15, 0.2) is 0 Å². The van der Waals surface area contributed by atoms with Crippen LogP contribution in [0.1, 0.15) is 58.8 Å². The molecular formula is C15H29NO. The number of aliphatic hydroxyl groups is 1. The van der Waals surface area contributed by atoms with Crippen molar-refractivity contribution in [3.05, 3.63) is 0 Å². The van der Waals surface area contributed by atoms with Crippen LogP contribution in [0.3, 0.4) is 0 Å². The van der Waals surface area contributed by atoms with Crippen molar-refractivity contribution < 1.29 is 5.11 Å². The van der Waals surface area contributed by atoms with Crippen LogP contribution in [0.25, 0.3) is 0 Å². The molecule has 3 atom stereocenters. The van der Waals surface area contributed by atoms with E-state index in [0.29, 0.717) is 6.04 Å². The molecule has 3 unspecified atom stereocenters. The lowest BCUT2D eigenvalue weighted by molar-refractivity contribution is 0.120. The van der Waals surface area contributed by atoms with E-state index in [1.165, 1.54) is 44.9 Å². The van der Waals surface area contributed by atoms with Crippen molar-refractivity contribution in [2.45, 2.75) is 64.8 Å². The molecule has 2 saturated carbocycles. The highest BCUT2D eigenvalue weighted by atomic mass is 16.3. The highest BCUT2D eigenvalue weighted by Gasteiger charge is 2.32. The molecule has 0 spiro atoms. The van der Waals surface area contributed by atoms with Crippen molar-refractivity contribution in [1.29, 1.82) is 0 Å². The Morgan fingerprint density at radius 3 is 2.47 bits per heavy atom. The molecule has 100 valence electrons. The van der Waals surface area contributed by atoms with Gasteiger partial charge in [-0.2, -0.15) is 0 Å². The summed E-state index contributed by atoms with van der Waals surface area (Å²) in [5.74, 6) is 2.03. The fraction of sp³-hybridized carbons (Fsp3) is 1.00. The highest BCUT2D eigenvalue weighted by Crippen LogP contribution is 2.40. The third-order valence-corrected chi connectivity index (χ3v) is 4.84. The smallest absolute Gasteiger partial charge is 0.0494 e. The van der Waals surface area contributed by atoms with E-state index in [4.69, 9.17) is 0 Å². The summed E-state index contributed by atoms with van der Waals surface area (Å²) in [5, 5.41) is 13.0. The highest BCUT2D eigenvalue weighted by molar-refractivity contribution is 4.87. The molecule has 0 heterocycles. The standard InChI is InChI=1S/C15H29NO/c1-15(2,11-17)10-16-14-8-7-12-5-3-4-6-13(12)9-14/h12-14,16-17H,3-11H2,1-2H3. The van der Waals surface area contributed by atoms with Gasteiger partial charge in [0.25, 0.3) is 0 Å². The zero-order chi connectivity index (χ0) is 12.3. The summed E-state index contributed by atoms with van der Waals surface area (Å²) in [6.45, 7) is 5.49. The molecule has 0 aromatic carbocycles. The number of nitrogens with one attached hydrogen (secondary N) is 1. The zero-order valence-corrected chi connectivity index (χ0v) is 11.5. The van der Waals surface area contributed by atoms with E-state index in [2.05, 4.69) is 19.2 Å². The van der Waals surface area contributed by atoms with Gasteiger partial charge < -0.3 is 10.4 Å². The van der Waals surface area contributed by atoms with Crippen LogP contribution in [0.5, 0.6) is 0 Å². The number of hydrogen-bond donors (Lipinski definition) is 2. The largest absolute Gasteiger partial charge is 0.396 e. The minimum absolute atomic E-state index is 0.0312. The fourth-order valence-electron chi connectivity index (χ4n) is 3.54. The van der Waals surface area contributed by atoms with Gasteiger partial charge in [-0.05, 0) is 31.1 Å². The normalized spacial score (nSPS) is 34.4. The molecule has 17 heavy (non-hydrogen) atoms. The average molecular weight is 239 g/mol. The van der Waals surface area contributed by atoms with Gasteiger partial charge >= 0.3 is 0 Å². The van der Waals surface area contributed by atoms with E-state index in [1.54, 1.807) is 0 Å². The minimum Gasteiger partial charge on any atom is -0.396 e. The summed E-state index contributed by atoms with van der Waals surface area (Å²) in [7, 11) is 0. The van der Waals surface area contributed by atoms with E-state index < -0.39 is 0 Å². The molecule has 2 rings (SSSR count). The lowest BCUT2D eigenvalue weighted by atomic mass is 9.69. The summed E-state index contributed by atoms with van der Waals surface area (Å²) in [6, 6.07) is 0.708. The molecule has 0 aliphatic heterocycles. The zero-order valence-electron chi connectivity index (χ0n) is 11.5. The van der Waals surface area contributed by atoms with Crippen LogP contribution in [0.2, 0.25) is 0 Å². The summed E-state index contributed by atoms with van der Waals surface area (Å²) >= 11 is 0. The molecule has 2 aliphatic carbocycles. The topological polar surface area (TPSA) is 32.3 Å². The van der Waals surface area contributed by atoms with Crippen molar-refractivity contribution >= 4 is 0 Å². The summed E-state index contributed by atoms with van der Waals surface area (Å²) in [5.41, 5.74) is 0.0312. The molecule has 2 N–H and O–H groups in total. The van der Waals surface area contributed by atoms with Crippen LogP contribution in [0.15, 0.2) is 0 Å². The molecule has 2 aliphatic rings. The van der Waals surface area contributed by atoms with E-state index in [1.807, 2.05) is 0 Å². The number of aliphatic hydroxyl groups excluding tert-OH is 1. The van der Waals surface area contributed by atoms with Crippen LogP contribution in [-0.2, 0) is 0 Å². The second-order valence-electron chi connectivity index (χ2n) is 7.02. The maximum absolute atomic E-state index is 9.27. The third-order valence-electron chi connectivity index (χ3n) is 4.84. The van der Waals surface area contributed by atoms with Gasteiger partial charge in [0, 0.05) is 24.6 Å². The Labute approximate surface area is 106 Å². The molecule has 0 saturated heterocycles. The monoisotopic (exact) mass is 239 g/mol. The lowest BCUT2D eigenvalue weighted by Crippen LogP contribution is -2.43. The van der Waals surface area contributed by atoms with E-state index >= 15 is 0 Å². The van der Waals surface area contributed by atoms with E-state index in [9.17, 15) is 5.11 Å².